The third-order valence-corrected chi connectivity index (χ3v) is 4.83. The smallest absolute Gasteiger partial charge is 0.419 e. The lowest BCUT2D eigenvalue weighted by Gasteiger charge is -2.15. The number of likely N-dealkylation sites (N-methyl/N-ethyl adjacent to an activating group) is 1. The van der Waals surface area contributed by atoms with Gasteiger partial charge in [-0.15, -0.1) is 0 Å². The van der Waals surface area contributed by atoms with Crippen LogP contribution in [0.2, 0.25) is 0 Å². The first-order valence-electron chi connectivity index (χ1n) is 9.85. The van der Waals surface area contributed by atoms with Gasteiger partial charge in [-0.3, -0.25) is 4.57 Å². The number of rotatable bonds is 4. The number of aliphatic imine (C=N–C) groups is 1. The maximum absolute atomic E-state index is 13.5. The van der Waals surface area contributed by atoms with Crippen molar-refractivity contribution in [3.63, 3.8) is 0 Å². The lowest BCUT2D eigenvalue weighted by molar-refractivity contribution is -0.139. The molecule has 0 aliphatic carbocycles. The minimum Gasteiger partial charge on any atom is -0.439 e. The Morgan fingerprint density at radius 3 is 2.79 bits per heavy atom. The van der Waals surface area contributed by atoms with Crippen LogP contribution < -0.4 is 20.7 Å². The lowest BCUT2D eigenvalue weighted by Crippen LogP contribution is -2.28. The first-order chi connectivity index (χ1) is 15.7. The molecular formula is C22H19F4N5O2. The number of carbonyl (C=O) groups excluding carboxylic acids is 1. The molecular weight excluding hydrogens is 442 g/mol. The molecule has 0 fully saturated rings. The summed E-state index contributed by atoms with van der Waals surface area (Å²) in [5.74, 6) is -0.465. The number of benzene rings is 2. The molecule has 0 saturated carbocycles. The summed E-state index contributed by atoms with van der Waals surface area (Å²) in [6.45, 7) is 1.03. The summed E-state index contributed by atoms with van der Waals surface area (Å²) < 4.78 is 59.3. The first-order valence-corrected chi connectivity index (χ1v) is 9.85. The molecule has 0 radical (unpaired) electrons. The second-order valence-corrected chi connectivity index (χ2v) is 7.16. The molecule has 0 saturated heterocycles. The second kappa shape index (κ2) is 8.94. The normalized spacial score (nSPS) is 13.8. The maximum atomic E-state index is 13.5. The largest absolute Gasteiger partial charge is 0.439 e. The topological polar surface area (TPSA) is 79.7 Å². The van der Waals surface area contributed by atoms with E-state index >= 15 is 0 Å². The summed E-state index contributed by atoms with van der Waals surface area (Å²) in [6, 6.07) is 8.28. The summed E-state index contributed by atoms with van der Waals surface area (Å²) in [5.41, 5.74) is -0.187. The molecule has 2 aromatic carbocycles. The molecule has 4 rings (SSSR count). The van der Waals surface area contributed by atoms with Gasteiger partial charge in [-0.2, -0.15) is 13.2 Å². The Balaban J connectivity index is 1.52. The van der Waals surface area contributed by atoms with Crippen molar-refractivity contribution in [1.82, 2.24) is 15.2 Å². The quantitative estimate of drug-likeness (QED) is 0.506. The number of halogens is 4. The van der Waals surface area contributed by atoms with Gasteiger partial charge in [-0.05, 0) is 49.5 Å². The Hall–Kier alpha value is -3.86. The van der Waals surface area contributed by atoms with Crippen LogP contribution in [0.3, 0.4) is 0 Å². The Labute approximate surface area is 185 Å². The van der Waals surface area contributed by atoms with Gasteiger partial charge in [-0.1, -0.05) is 0 Å². The van der Waals surface area contributed by atoms with Crippen molar-refractivity contribution >= 4 is 28.5 Å². The molecule has 0 unspecified atom stereocenters. The van der Waals surface area contributed by atoms with Gasteiger partial charge in [0.15, 0.2) is 0 Å². The van der Waals surface area contributed by atoms with Crippen molar-refractivity contribution in [2.24, 2.45) is 4.99 Å². The van der Waals surface area contributed by atoms with Gasteiger partial charge in [0.05, 0.1) is 11.1 Å². The molecule has 3 N–H and O–H groups in total. The summed E-state index contributed by atoms with van der Waals surface area (Å²) >= 11 is 0. The predicted molar refractivity (Wildman–Crippen MR) is 116 cm³/mol. The van der Waals surface area contributed by atoms with E-state index in [1.165, 1.54) is 10.8 Å². The second-order valence-electron chi connectivity index (χ2n) is 7.16. The van der Waals surface area contributed by atoms with Crippen LogP contribution in [0.1, 0.15) is 5.56 Å². The monoisotopic (exact) mass is 461 g/mol. The Kier molecular flexibility index (Phi) is 6.05. The molecule has 0 atom stereocenters. The van der Waals surface area contributed by atoms with Crippen LogP contribution in [-0.2, 0) is 6.18 Å². The zero-order valence-electron chi connectivity index (χ0n) is 17.3. The Morgan fingerprint density at radius 2 is 2.03 bits per heavy atom. The molecule has 1 aliphatic rings. The Bertz CT molecular complexity index is 1260. The third-order valence-electron chi connectivity index (χ3n) is 4.83. The molecule has 0 spiro atoms. The number of aromatic nitrogens is 1. The van der Waals surface area contributed by atoms with Crippen LogP contribution in [-0.4, -0.2) is 36.8 Å². The van der Waals surface area contributed by atoms with Crippen LogP contribution in [0.25, 0.3) is 10.9 Å². The summed E-state index contributed by atoms with van der Waals surface area (Å²) in [4.78, 5) is 16.9. The zero-order valence-corrected chi connectivity index (χ0v) is 17.3. The summed E-state index contributed by atoms with van der Waals surface area (Å²) in [5, 5.41) is 9.18. The van der Waals surface area contributed by atoms with Crippen LogP contribution in [0.5, 0.6) is 5.75 Å². The van der Waals surface area contributed by atoms with E-state index in [0.29, 0.717) is 47.9 Å². The lowest BCUT2D eigenvalue weighted by atomic mass is 10.2. The number of nitrogens with one attached hydrogen (secondary N) is 3. The van der Waals surface area contributed by atoms with Gasteiger partial charge in [0, 0.05) is 35.6 Å². The fourth-order valence-corrected chi connectivity index (χ4v) is 3.32. The van der Waals surface area contributed by atoms with Gasteiger partial charge in [-0.25, -0.2) is 14.2 Å². The van der Waals surface area contributed by atoms with Crippen molar-refractivity contribution in [1.29, 1.82) is 0 Å². The van der Waals surface area contributed by atoms with Crippen molar-refractivity contribution in [3.8, 4) is 5.75 Å². The van der Waals surface area contributed by atoms with Gasteiger partial charge in [0.1, 0.15) is 18.2 Å². The number of carbonyl (C=O) groups is 1. The van der Waals surface area contributed by atoms with E-state index in [-0.39, 0.29) is 5.69 Å². The highest BCUT2D eigenvalue weighted by atomic mass is 19.4. The van der Waals surface area contributed by atoms with E-state index in [2.05, 4.69) is 20.9 Å². The number of hydrogen-bond donors (Lipinski definition) is 3. The molecule has 11 heteroatoms. The summed E-state index contributed by atoms with van der Waals surface area (Å²) in [6.07, 6.45) is -1.62. The number of hydrogen-bond acceptors (Lipinski definition) is 5. The van der Waals surface area contributed by atoms with Crippen LogP contribution in [0, 0.1) is 5.82 Å². The molecule has 33 heavy (non-hydrogen) atoms. The molecule has 2 heterocycles. The van der Waals surface area contributed by atoms with Crippen LogP contribution in [0.15, 0.2) is 65.4 Å². The van der Waals surface area contributed by atoms with E-state index in [1.54, 1.807) is 30.3 Å². The highest BCUT2D eigenvalue weighted by Gasteiger charge is 2.34. The minimum absolute atomic E-state index is 0.177. The SMILES string of the molecule is CNCC1=CC(Oc2ccc3c(ccn3C(=O)Nc3ccc(F)c(C(F)(F)F)c3)c2)=NCN1. The minimum atomic E-state index is -4.87. The highest BCUT2D eigenvalue weighted by Crippen LogP contribution is 2.33. The molecule has 0 bridgehead atoms. The number of fused-ring (bicyclic) bond motifs is 1. The van der Waals surface area contributed by atoms with Crippen molar-refractivity contribution < 1.29 is 27.1 Å². The first kappa shape index (κ1) is 22.3. The number of nitrogens with zero attached hydrogens (tertiary/aromatic N) is 2. The highest BCUT2D eigenvalue weighted by molar-refractivity contribution is 5.99. The standard InChI is InChI=1S/C22H19F4N5O2/c1-27-11-15-10-20(29-12-28-15)33-16-3-5-19-13(8-16)6-7-31(19)21(32)30-14-2-4-18(23)17(9-14)22(24,25)26/h2-10,27-28H,11-12H2,1H3,(H,30,32). The van der Waals surface area contributed by atoms with E-state index in [9.17, 15) is 22.4 Å². The van der Waals surface area contributed by atoms with E-state index in [1.807, 2.05) is 7.05 Å². The van der Waals surface area contributed by atoms with Gasteiger partial charge in [0.25, 0.3) is 0 Å². The Morgan fingerprint density at radius 1 is 1.21 bits per heavy atom. The predicted octanol–water partition coefficient (Wildman–Crippen LogP) is 4.32. The van der Waals surface area contributed by atoms with Crippen LogP contribution in [0.4, 0.5) is 28.0 Å². The average Bonchev–Trinajstić information content (AvgIpc) is 3.18. The number of ether oxygens (including phenoxy) is 1. The van der Waals surface area contributed by atoms with Gasteiger partial charge < -0.3 is 20.7 Å². The van der Waals surface area contributed by atoms with Crippen LogP contribution >= 0.6 is 0 Å². The van der Waals surface area contributed by atoms with Gasteiger partial charge >= 0.3 is 12.2 Å². The fourth-order valence-electron chi connectivity index (χ4n) is 3.32. The molecule has 172 valence electrons. The molecule has 1 amide bonds. The fraction of sp³-hybridized carbons (Fsp3) is 0.182. The third kappa shape index (κ3) is 4.98. The molecule has 3 aromatic rings. The molecule has 7 nitrogen and oxygen atoms in total. The maximum Gasteiger partial charge on any atom is 0.419 e. The number of anilines is 1. The van der Waals surface area contributed by atoms with Crippen molar-refractivity contribution in [3.05, 3.63) is 71.8 Å². The van der Waals surface area contributed by atoms with E-state index < -0.39 is 23.6 Å². The van der Waals surface area contributed by atoms with Crippen molar-refractivity contribution in [2.75, 3.05) is 25.6 Å². The summed E-state index contributed by atoms with van der Waals surface area (Å²) in [7, 11) is 1.83. The number of alkyl halides is 3. The number of amides is 1. The zero-order chi connectivity index (χ0) is 23.6. The van der Waals surface area contributed by atoms with Gasteiger partial charge in [0.2, 0.25) is 5.90 Å². The van der Waals surface area contributed by atoms with E-state index in [0.717, 1.165) is 11.8 Å². The van der Waals surface area contributed by atoms with E-state index in [4.69, 9.17) is 4.74 Å². The van der Waals surface area contributed by atoms with Crippen molar-refractivity contribution in [2.45, 2.75) is 6.18 Å². The average molecular weight is 461 g/mol. The molecule has 1 aromatic heterocycles. The molecule has 1 aliphatic heterocycles.